The average molecular weight is 510 g/mol. The number of pyridine rings is 1. The van der Waals surface area contributed by atoms with Crippen molar-refractivity contribution in [3.63, 3.8) is 0 Å². The van der Waals surface area contributed by atoms with Gasteiger partial charge in [-0.2, -0.15) is 0 Å². The quantitative estimate of drug-likeness (QED) is 0.276. The molecule has 0 spiro atoms. The summed E-state index contributed by atoms with van der Waals surface area (Å²) in [6.45, 7) is 2.57. The van der Waals surface area contributed by atoms with Gasteiger partial charge in [-0.05, 0) is 85.9 Å². The highest BCUT2D eigenvalue weighted by atomic mass is 35.5. The fourth-order valence-corrected chi connectivity index (χ4v) is 4.98. The van der Waals surface area contributed by atoms with Gasteiger partial charge in [0.15, 0.2) is 5.11 Å². The Morgan fingerprint density at radius 3 is 2.59 bits per heavy atom. The van der Waals surface area contributed by atoms with Crippen LogP contribution in [0.2, 0.25) is 10.0 Å². The zero-order valence-electron chi connectivity index (χ0n) is 18.2. The lowest BCUT2D eigenvalue weighted by atomic mass is 10.0. The van der Waals surface area contributed by atoms with Crippen molar-refractivity contribution in [3.05, 3.63) is 100 Å². The lowest BCUT2D eigenvalue weighted by Crippen LogP contribution is -2.29. The van der Waals surface area contributed by atoms with Crippen molar-refractivity contribution in [1.29, 1.82) is 0 Å². The molecule has 1 saturated heterocycles. The summed E-state index contributed by atoms with van der Waals surface area (Å²) in [6, 6.07) is 22.4. The maximum absolute atomic E-state index is 6.44. The van der Waals surface area contributed by atoms with Crippen LogP contribution in [0.25, 0.3) is 11.3 Å². The molecule has 1 fully saturated rings. The van der Waals surface area contributed by atoms with E-state index >= 15 is 0 Å². The molecule has 1 N–H and O–H groups in total. The van der Waals surface area contributed by atoms with Crippen molar-refractivity contribution in [2.45, 2.75) is 19.0 Å². The molecule has 34 heavy (non-hydrogen) atoms. The molecule has 5 rings (SSSR count). The molecule has 0 radical (unpaired) electrons. The summed E-state index contributed by atoms with van der Waals surface area (Å²) < 4.78 is 12.0. The Hall–Kier alpha value is -3.06. The Labute approximate surface area is 213 Å². The fraction of sp³-hybridized carbons (Fsp3) is 0.154. The molecule has 172 valence electrons. The van der Waals surface area contributed by atoms with Crippen LogP contribution in [0.4, 0.5) is 5.69 Å². The van der Waals surface area contributed by atoms with Crippen LogP contribution in [0, 0.1) is 0 Å². The van der Waals surface area contributed by atoms with E-state index in [1.165, 1.54) is 0 Å². The van der Waals surface area contributed by atoms with E-state index in [1.54, 1.807) is 18.3 Å². The van der Waals surface area contributed by atoms with Gasteiger partial charge in [0.25, 0.3) is 0 Å². The molecular formula is C26H21Cl2N3O2S. The first-order valence-corrected chi connectivity index (χ1v) is 12.0. The van der Waals surface area contributed by atoms with Gasteiger partial charge in [-0.15, -0.1) is 0 Å². The highest BCUT2D eigenvalue weighted by molar-refractivity contribution is 7.80. The lowest BCUT2D eigenvalue weighted by molar-refractivity contribution is 0.340. The SMILES string of the molecule is CCOc1ccc(N2C(=S)N[C@@H](c3ccccn3)[C@H]2c2ccc(-c3ccc(Cl)cc3Cl)o2)cc1. The molecule has 4 aromatic rings. The van der Waals surface area contributed by atoms with Crippen LogP contribution in [0.5, 0.6) is 5.75 Å². The van der Waals surface area contributed by atoms with Gasteiger partial charge in [-0.25, -0.2) is 0 Å². The number of halogens is 2. The van der Waals surface area contributed by atoms with Crippen LogP contribution in [-0.4, -0.2) is 16.7 Å². The molecule has 0 aliphatic carbocycles. The predicted octanol–water partition coefficient (Wildman–Crippen LogP) is 7.22. The number of hydrogen-bond donors (Lipinski definition) is 1. The van der Waals surface area contributed by atoms with Crippen LogP contribution >= 0.6 is 35.4 Å². The van der Waals surface area contributed by atoms with E-state index in [1.807, 2.05) is 67.6 Å². The topological polar surface area (TPSA) is 50.5 Å². The zero-order valence-corrected chi connectivity index (χ0v) is 20.6. The molecule has 0 unspecified atom stereocenters. The number of nitrogens with zero attached hydrogens (tertiary/aromatic N) is 2. The molecular weight excluding hydrogens is 489 g/mol. The van der Waals surface area contributed by atoms with Crippen LogP contribution in [0.3, 0.4) is 0 Å². The number of hydrogen-bond acceptors (Lipinski definition) is 4. The van der Waals surface area contributed by atoms with Crippen molar-refractivity contribution in [3.8, 4) is 17.1 Å². The fourth-order valence-electron chi connectivity index (χ4n) is 4.14. The van der Waals surface area contributed by atoms with Gasteiger partial charge in [0.1, 0.15) is 23.3 Å². The van der Waals surface area contributed by atoms with Gasteiger partial charge >= 0.3 is 0 Å². The molecule has 8 heteroatoms. The molecule has 2 aromatic heterocycles. The Kier molecular flexibility index (Phi) is 6.46. The first kappa shape index (κ1) is 22.7. The van der Waals surface area contributed by atoms with Gasteiger partial charge in [-0.1, -0.05) is 29.3 Å². The van der Waals surface area contributed by atoms with Gasteiger partial charge in [-0.3, -0.25) is 4.98 Å². The third kappa shape index (κ3) is 4.37. The largest absolute Gasteiger partial charge is 0.494 e. The van der Waals surface area contributed by atoms with E-state index in [0.717, 1.165) is 28.5 Å². The normalized spacial score (nSPS) is 17.6. The van der Waals surface area contributed by atoms with Crippen molar-refractivity contribution in [2.24, 2.45) is 0 Å². The summed E-state index contributed by atoms with van der Waals surface area (Å²) in [5.41, 5.74) is 2.56. The third-order valence-corrected chi connectivity index (χ3v) is 6.50. The monoisotopic (exact) mass is 509 g/mol. The first-order chi connectivity index (χ1) is 16.5. The summed E-state index contributed by atoms with van der Waals surface area (Å²) >= 11 is 18.3. The second-order valence-corrected chi connectivity index (χ2v) is 8.98. The molecule has 0 amide bonds. The minimum Gasteiger partial charge on any atom is -0.494 e. The van der Waals surface area contributed by atoms with E-state index < -0.39 is 0 Å². The van der Waals surface area contributed by atoms with Crippen LogP contribution in [0.1, 0.15) is 30.5 Å². The Bertz CT molecular complexity index is 1310. The smallest absolute Gasteiger partial charge is 0.174 e. The Morgan fingerprint density at radius 2 is 1.88 bits per heavy atom. The number of nitrogens with one attached hydrogen (secondary N) is 1. The van der Waals surface area contributed by atoms with Gasteiger partial charge in [0.2, 0.25) is 0 Å². The second-order valence-electron chi connectivity index (χ2n) is 7.75. The van der Waals surface area contributed by atoms with Gasteiger partial charge < -0.3 is 19.4 Å². The van der Waals surface area contributed by atoms with Crippen molar-refractivity contribution in [2.75, 3.05) is 11.5 Å². The average Bonchev–Trinajstić information content (AvgIpc) is 3.45. The van der Waals surface area contributed by atoms with E-state index in [-0.39, 0.29) is 12.1 Å². The second kappa shape index (κ2) is 9.66. The number of anilines is 1. The van der Waals surface area contributed by atoms with Gasteiger partial charge in [0.05, 0.1) is 23.4 Å². The summed E-state index contributed by atoms with van der Waals surface area (Å²) in [5, 5.41) is 5.12. The number of furan rings is 1. The van der Waals surface area contributed by atoms with Crippen molar-refractivity contribution < 1.29 is 9.15 Å². The van der Waals surface area contributed by atoms with Crippen molar-refractivity contribution in [1.82, 2.24) is 10.3 Å². The van der Waals surface area contributed by atoms with Crippen LogP contribution < -0.4 is 15.0 Å². The van der Waals surface area contributed by atoms with E-state index in [2.05, 4.69) is 15.2 Å². The molecule has 3 heterocycles. The number of rotatable bonds is 6. The number of thiocarbonyl (C=S) groups is 1. The molecule has 1 aliphatic heterocycles. The maximum atomic E-state index is 6.44. The Morgan fingerprint density at radius 1 is 1.06 bits per heavy atom. The highest BCUT2D eigenvalue weighted by Gasteiger charge is 2.42. The minimum atomic E-state index is -0.264. The predicted molar refractivity (Wildman–Crippen MR) is 140 cm³/mol. The zero-order chi connectivity index (χ0) is 23.7. The van der Waals surface area contributed by atoms with E-state index in [0.29, 0.717) is 27.5 Å². The summed E-state index contributed by atoms with van der Waals surface area (Å²) in [7, 11) is 0. The highest BCUT2D eigenvalue weighted by Crippen LogP contribution is 2.43. The maximum Gasteiger partial charge on any atom is 0.174 e. The molecule has 5 nitrogen and oxygen atoms in total. The minimum absolute atomic E-state index is 0.208. The summed E-state index contributed by atoms with van der Waals surface area (Å²) in [5.74, 6) is 2.19. The summed E-state index contributed by atoms with van der Waals surface area (Å²) in [6.07, 6.45) is 1.78. The molecule has 2 atom stereocenters. The molecule has 1 aliphatic rings. The Balaban J connectivity index is 1.57. The number of benzene rings is 2. The van der Waals surface area contributed by atoms with Gasteiger partial charge in [0, 0.05) is 22.5 Å². The molecule has 0 bridgehead atoms. The third-order valence-electron chi connectivity index (χ3n) is 5.64. The van der Waals surface area contributed by atoms with E-state index in [4.69, 9.17) is 44.6 Å². The lowest BCUT2D eigenvalue weighted by Gasteiger charge is -2.26. The first-order valence-electron chi connectivity index (χ1n) is 10.8. The summed E-state index contributed by atoms with van der Waals surface area (Å²) in [4.78, 5) is 6.63. The van der Waals surface area contributed by atoms with E-state index in [9.17, 15) is 0 Å². The van der Waals surface area contributed by atoms with Crippen LogP contribution in [0.15, 0.2) is 83.4 Å². The van der Waals surface area contributed by atoms with Crippen molar-refractivity contribution >= 4 is 46.2 Å². The van der Waals surface area contributed by atoms with Crippen LogP contribution in [-0.2, 0) is 0 Å². The molecule has 0 saturated carbocycles. The molecule has 2 aromatic carbocycles. The number of aromatic nitrogens is 1. The standard InChI is InChI=1S/C26H21Cl2N3O2S/c1-2-32-18-9-7-17(8-10-18)31-25(24(30-26(31)34)21-5-3-4-14-29-21)23-13-12-22(33-23)19-11-6-16(27)15-20(19)28/h3-15,24-25H,2H2,1H3,(H,30,34)/t24-,25+/m0/s1. The number of ether oxygens (including phenoxy) is 1.